The zero-order valence-electron chi connectivity index (χ0n) is 10.7. The van der Waals surface area contributed by atoms with Crippen molar-refractivity contribution in [3.05, 3.63) is 23.3 Å². The Morgan fingerprint density at radius 3 is 2.13 bits per heavy atom. The molecule has 0 atom stereocenters. The minimum Gasteiger partial charge on any atom is -0.356 e. The van der Waals surface area contributed by atoms with Crippen LogP contribution >= 0.6 is 0 Å². The molecule has 0 aliphatic heterocycles. The van der Waals surface area contributed by atoms with Crippen LogP contribution in [0.4, 0.5) is 0 Å². The lowest BCUT2D eigenvalue weighted by molar-refractivity contribution is -0.0987. The number of hydrogen-bond donors (Lipinski definition) is 0. The summed E-state index contributed by atoms with van der Waals surface area (Å²) in [5.74, 6) is 0. The third kappa shape index (κ3) is 8.40. The van der Waals surface area contributed by atoms with Gasteiger partial charge in [-0.15, -0.1) is 0 Å². The van der Waals surface area contributed by atoms with E-state index in [2.05, 4.69) is 32.9 Å². The largest absolute Gasteiger partial charge is 0.356 e. The SMILES string of the molecule is COC(C/C=C(\C)CCC=C(C)C)OC. The van der Waals surface area contributed by atoms with E-state index in [-0.39, 0.29) is 6.29 Å². The van der Waals surface area contributed by atoms with E-state index in [0.29, 0.717) is 0 Å². The maximum absolute atomic E-state index is 5.11. The van der Waals surface area contributed by atoms with Crippen LogP contribution in [-0.2, 0) is 9.47 Å². The van der Waals surface area contributed by atoms with Crippen molar-refractivity contribution in [1.29, 1.82) is 0 Å². The Morgan fingerprint density at radius 1 is 1.07 bits per heavy atom. The van der Waals surface area contributed by atoms with E-state index in [1.165, 1.54) is 11.1 Å². The molecule has 0 saturated heterocycles. The first-order valence-corrected chi connectivity index (χ1v) is 5.44. The summed E-state index contributed by atoms with van der Waals surface area (Å²) >= 11 is 0. The molecule has 0 radical (unpaired) electrons. The molecule has 0 N–H and O–H groups in total. The van der Waals surface area contributed by atoms with E-state index in [4.69, 9.17) is 9.47 Å². The molecule has 0 aliphatic rings. The summed E-state index contributed by atoms with van der Waals surface area (Å²) in [5, 5.41) is 0. The molecule has 0 aromatic heterocycles. The summed E-state index contributed by atoms with van der Waals surface area (Å²) < 4.78 is 10.2. The molecule has 2 nitrogen and oxygen atoms in total. The Hall–Kier alpha value is -0.600. The van der Waals surface area contributed by atoms with Crippen LogP contribution in [0.3, 0.4) is 0 Å². The molecular weight excluding hydrogens is 188 g/mol. The van der Waals surface area contributed by atoms with Gasteiger partial charge in [0.05, 0.1) is 0 Å². The fraction of sp³-hybridized carbons (Fsp3) is 0.692. The van der Waals surface area contributed by atoms with Gasteiger partial charge in [0.15, 0.2) is 6.29 Å². The Bertz CT molecular complexity index is 209. The van der Waals surface area contributed by atoms with Gasteiger partial charge in [0, 0.05) is 20.6 Å². The van der Waals surface area contributed by atoms with Crippen molar-refractivity contribution in [3.8, 4) is 0 Å². The second-order valence-corrected chi connectivity index (χ2v) is 4.01. The molecule has 0 saturated carbocycles. The Kier molecular flexibility index (Phi) is 8.34. The Balaban J connectivity index is 3.83. The van der Waals surface area contributed by atoms with Gasteiger partial charge in [-0.05, 0) is 33.6 Å². The van der Waals surface area contributed by atoms with Crippen LogP contribution in [-0.4, -0.2) is 20.5 Å². The zero-order valence-corrected chi connectivity index (χ0v) is 10.7. The van der Waals surface area contributed by atoms with E-state index < -0.39 is 0 Å². The number of allylic oxidation sites excluding steroid dienone is 3. The molecule has 0 spiro atoms. The summed E-state index contributed by atoms with van der Waals surface area (Å²) in [6.45, 7) is 6.41. The molecule has 0 aliphatic carbocycles. The standard InChI is InChI=1S/C13H24O2/c1-11(2)7-6-8-12(3)9-10-13(14-4)15-5/h7,9,13H,6,8,10H2,1-5H3/b12-9+. The van der Waals surface area contributed by atoms with Crippen molar-refractivity contribution < 1.29 is 9.47 Å². The highest BCUT2D eigenvalue weighted by molar-refractivity contribution is 5.02. The molecule has 0 aromatic carbocycles. The van der Waals surface area contributed by atoms with Crippen molar-refractivity contribution in [1.82, 2.24) is 0 Å². The first-order valence-electron chi connectivity index (χ1n) is 5.44. The van der Waals surface area contributed by atoms with E-state index in [1.54, 1.807) is 14.2 Å². The van der Waals surface area contributed by atoms with Crippen LogP contribution < -0.4 is 0 Å². The van der Waals surface area contributed by atoms with Crippen molar-refractivity contribution >= 4 is 0 Å². The summed E-state index contributed by atoms with van der Waals surface area (Å²) in [5.41, 5.74) is 2.78. The van der Waals surface area contributed by atoms with Gasteiger partial charge in [0.1, 0.15) is 0 Å². The van der Waals surface area contributed by atoms with Gasteiger partial charge in [-0.25, -0.2) is 0 Å². The second-order valence-electron chi connectivity index (χ2n) is 4.01. The van der Waals surface area contributed by atoms with Crippen molar-refractivity contribution in [2.24, 2.45) is 0 Å². The summed E-state index contributed by atoms with van der Waals surface area (Å²) in [6.07, 6.45) is 7.41. The smallest absolute Gasteiger partial charge is 0.160 e. The average molecular weight is 212 g/mol. The fourth-order valence-corrected chi connectivity index (χ4v) is 1.28. The third-order valence-corrected chi connectivity index (χ3v) is 2.28. The Labute approximate surface area is 94.0 Å². The van der Waals surface area contributed by atoms with Crippen LogP contribution in [0.2, 0.25) is 0 Å². The third-order valence-electron chi connectivity index (χ3n) is 2.28. The quantitative estimate of drug-likeness (QED) is 0.473. The molecule has 0 unspecified atom stereocenters. The molecule has 15 heavy (non-hydrogen) atoms. The monoisotopic (exact) mass is 212 g/mol. The number of rotatable bonds is 7. The minimum absolute atomic E-state index is 0.108. The summed E-state index contributed by atoms with van der Waals surface area (Å²) in [4.78, 5) is 0. The fourth-order valence-electron chi connectivity index (χ4n) is 1.28. The molecular formula is C13H24O2. The Morgan fingerprint density at radius 2 is 1.67 bits per heavy atom. The maximum atomic E-state index is 5.11. The normalized spacial score (nSPS) is 12.0. The van der Waals surface area contributed by atoms with E-state index in [9.17, 15) is 0 Å². The molecule has 0 fully saturated rings. The highest BCUT2D eigenvalue weighted by Crippen LogP contribution is 2.09. The van der Waals surface area contributed by atoms with E-state index in [1.807, 2.05) is 0 Å². The molecule has 0 heterocycles. The zero-order chi connectivity index (χ0) is 11.7. The molecule has 0 amide bonds. The lowest BCUT2D eigenvalue weighted by atomic mass is 10.1. The van der Waals surface area contributed by atoms with Gasteiger partial charge in [-0.2, -0.15) is 0 Å². The molecule has 88 valence electrons. The number of ether oxygens (including phenoxy) is 2. The van der Waals surface area contributed by atoms with Crippen LogP contribution in [0, 0.1) is 0 Å². The summed E-state index contributed by atoms with van der Waals surface area (Å²) in [6, 6.07) is 0. The van der Waals surface area contributed by atoms with Gasteiger partial charge in [0.2, 0.25) is 0 Å². The van der Waals surface area contributed by atoms with Crippen molar-refractivity contribution in [2.75, 3.05) is 14.2 Å². The molecule has 0 bridgehead atoms. The molecule has 2 heteroatoms. The first kappa shape index (κ1) is 14.4. The minimum atomic E-state index is -0.108. The molecule has 0 rings (SSSR count). The predicted octanol–water partition coefficient (Wildman–Crippen LogP) is 3.69. The van der Waals surface area contributed by atoms with Crippen LogP contribution in [0.25, 0.3) is 0 Å². The molecule has 0 aromatic rings. The topological polar surface area (TPSA) is 18.5 Å². The predicted molar refractivity (Wildman–Crippen MR) is 64.8 cm³/mol. The van der Waals surface area contributed by atoms with Crippen LogP contribution in [0.5, 0.6) is 0 Å². The highest BCUT2D eigenvalue weighted by atomic mass is 16.7. The first-order chi connectivity index (χ1) is 7.10. The number of methoxy groups -OCH3 is 2. The number of hydrogen-bond acceptors (Lipinski definition) is 2. The van der Waals surface area contributed by atoms with E-state index in [0.717, 1.165) is 19.3 Å². The van der Waals surface area contributed by atoms with Crippen molar-refractivity contribution in [2.45, 2.75) is 46.3 Å². The van der Waals surface area contributed by atoms with Gasteiger partial charge in [-0.3, -0.25) is 0 Å². The van der Waals surface area contributed by atoms with Crippen LogP contribution in [0.1, 0.15) is 40.0 Å². The lowest BCUT2D eigenvalue weighted by Crippen LogP contribution is -2.11. The average Bonchev–Trinajstić information content (AvgIpc) is 2.18. The van der Waals surface area contributed by atoms with Crippen molar-refractivity contribution in [3.63, 3.8) is 0 Å². The van der Waals surface area contributed by atoms with Crippen LogP contribution in [0.15, 0.2) is 23.3 Å². The maximum Gasteiger partial charge on any atom is 0.160 e. The van der Waals surface area contributed by atoms with Gasteiger partial charge in [0.25, 0.3) is 0 Å². The lowest BCUT2D eigenvalue weighted by Gasteiger charge is -2.10. The van der Waals surface area contributed by atoms with E-state index >= 15 is 0 Å². The van der Waals surface area contributed by atoms with Gasteiger partial charge >= 0.3 is 0 Å². The van der Waals surface area contributed by atoms with Gasteiger partial charge in [-0.1, -0.05) is 23.3 Å². The summed E-state index contributed by atoms with van der Waals surface area (Å²) in [7, 11) is 3.33. The highest BCUT2D eigenvalue weighted by Gasteiger charge is 2.01. The van der Waals surface area contributed by atoms with Gasteiger partial charge < -0.3 is 9.47 Å². The second kappa shape index (κ2) is 8.69.